The number of ether oxygens (including phenoxy) is 1. The van der Waals surface area contributed by atoms with Gasteiger partial charge in [-0.15, -0.1) is 0 Å². The van der Waals surface area contributed by atoms with Crippen LogP contribution in [0.5, 0.6) is 0 Å². The number of hydrogen-bond acceptors (Lipinski definition) is 5. The van der Waals surface area contributed by atoms with Crippen molar-refractivity contribution in [1.29, 1.82) is 0 Å². The zero-order chi connectivity index (χ0) is 22.9. The van der Waals surface area contributed by atoms with Crippen molar-refractivity contribution in [2.75, 3.05) is 26.7 Å². The van der Waals surface area contributed by atoms with Gasteiger partial charge in [0.15, 0.2) is 12.5 Å². The summed E-state index contributed by atoms with van der Waals surface area (Å²) >= 11 is 0. The molecule has 3 heterocycles. The van der Waals surface area contributed by atoms with E-state index in [-0.39, 0.29) is 36.0 Å². The molecule has 31 heavy (non-hydrogen) atoms. The molecule has 0 fully saturated rings. The van der Waals surface area contributed by atoms with Gasteiger partial charge >= 0.3 is 6.18 Å². The number of rotatable bonds is 6. The molecule has 0 bridgehead atoms. The zero-order valence-corrected chi connectivity index (χ0v) is 17.8. The summed E-state index contributed by atoms with van der Waals surface area (Å²) in [5.41, 5.74) is 2.66. The van der Waals surface area contributed by atoms with E-state index in [0.717, 1.165) is 5.57 Å². The molecule has 10 heteroatoms. The lowest BCUT2D eigenvalue weighted by atomic mass is 10.0. The Kier molecular flexibility index (Phi) is 6.28. The number of nitrogens with zero attached hydrogens (tertiary/aromatic N) is 3. The van der Waals surface area contributed by atoms with E-state index in [0.29, 0.717) is 29.8 Å². The van der Waals surface area contributed by atoms with E-state index < -0.39 is 12.8 Å². The molecule has 1 atom stereocenters. The van der Waals surface area contributed by atoms with Gasteiger partial charge in [0, 0.05) is 49.6 Å². The minimum absolute atomic E-state index is 0.159. The van der Waals surface area contributed by atoms with Crippen LogP contribution in [-0.4, -0.2) is 65.6 Å². The Bertz CT molecular complexity index is 956. The number of alkyl halides is 3. The summed E-state index contributed by atoms with van der Waals surface area (Å²) in [6, 6.07) is 1.27. The van der Waals surface area contributed by atoms with Gasteiger partial charge in [0.1, 0.15) is 5.69 Å². The van der Waals surface area contributed by atoms with Crippen molar-refractivity contribution in [1.82, 2.24) is 20.1 Å². The molecule has 1 aromatic rings. The van der Waals surface area contributed by atoms with Crippen molar-refractivity contribution in [2.24, 2.45) is 0 Å². The van der Waals surface area contributed by atoms with Crippen LogP contribution in [0.4, 0.5) is 13.2 Å². The maximum atomic E-state index is 13.0. The lowest BCUT2D eigenvalue weighted by Gasteiger charge is -2.34. The van der Waals surface area contributed by atoms with Gasteiger partial charge in [-0.25, -0.2) is 0 Å². The summed E-state index contributed by atoms with van der Waals surface area (Å²) in [6.07, 6.45) is -1.22. The average molecular weight is 438 g/mol. The van der Waals surface area contributed by atoms with Crippen LogP contribution in [0, 0.1) is 0 Å². The van der Waals surface area contributed by atoms with Crippen LogP contribution in [0.1, 0.15) is 47.2 Å². The molecule has 0 aromatic carbocycles. The van der Waals surface area contributed by atoms with Crippen molar-refractivity contribution in [2.45, 2.75) is 39.5 Å². The van der Waals surface area contributed by atoms with Crippen LogP contribution in [0.15, 0.2) is 35.4 Å². The third-order valence-electron chi connectivity index (χ3n) is 5.31. The SMILES string of the molecule is CCNC(=O)c1nccc2c1CN(C(C)C1=CC(C)=C(OCC(F)(F)F)N(C)C1)C2=O. The molecule has 0 radical (unpaired) electrons. The van der Waals surface area contributed by atoms with Gasteiger partial charge in [0.05, 0.1) is 6.04 Å². The number of likely N-dealkylation sites (N-methyl/N-ethyl adjacent to an activating group) is 1. The summed E-state index contributed by atoms with van der Waals surface area (Å²) in [4.78, 5) is 32.7. The average Bonchev–Trinajstić information content (AvgIpc) is 3.02. The molecule has 0 spiro atoms. The van der Waals surface area contributed by atoms with Gasteiger partial charge in [-0.3, -0.25) is 14.6 Å². The number of fused-ring (bicyclic) bond motifs is 1. The molecule has 168 valence electrons. The van der Waals surface area contributed by atoms with E-state index >= 15 is 0 Å². The van der Waals surface area contributed by atoms with E-state index in [9.17, 15) is 22.8 Å². The number of carbonyl (C=O) groups excluding carboxylic acids is 2. The largest absolute Gasteiger partial charge is 0.469 e. The zero-order valence-electron chi connectivity index (χ0n) is 17.8. The first-order valence-corrected chi connectivity index (χ1v) is 9.92. The van der Waals surface area contributed by atoms with Gasteiger partial charge in [-0.05, 0) is 32.4 Å². The Balaban J connectivity index is 1.83. The van der Waals surface area contributed by atoms with Crippen molar-refractivity contribution in [3.63, 3.8) is 0 Å². The number of halogens is 3. The quantitative estimate of drug-likeness (QED) is 0.740. The first-order chi connectivity index (χ1) is 14.5. The second kappa shape index (κ2) is 8.60. The fraction of sp³-hybridized carbons (Fsp3) is 0.476. The lowest BCUT2D eigenvalue weighted by molar-refractivity contribution is -0.169. The predicted molar refractivity (Wildman–Crippen MR) is 107 cm³/mol. The summed E-state index contributed by atoms with van der Waals surface area (Å²) in [5, 5.41) is 2.70. The molecule has 0 saturated carbocycles. The summed E-state index contributed by atoms with van der Waals surface area (Å²) in [5.74, 6) is -0.379. The Labute approximate surface area is 178 Å². The number of nitrogens with one attached hydrogen (secondary N) is 1. The van der Waals surface area contributed by atoms with Crippen LogP contribution in [0.3, 0.4) is 0 Å². The van der Waals surface area contributed by atoms with E-state index in [1.54, 1.807) is 42.8 Å². The molecule has 3 rings (SSSR count). The first kappa shape index (κ1) is 22.6. The highest BCUT2D eigenvalue weighted by atomic mass is 19.4. The number of hydrogen-bond donors (Lipinski definition) is 1. The third-order valence-corrected chi connectivity index (χ3v) is 5.31. The number of aromatic nitrogens is 1. The molecule has 0 saturated heterocycles. The molecule has 2 aliphatic heterocycles. The molecule has 1 unspecified atom stereocenters. The maximum Gasteiger partial charge on any atom is 0.422 e. The van der Waals surface area contributed by atoms with Gasteiger partial charge in [0.25, 0.3) is 11.8 Å². The Hall–Kier alpha value is -3.04. The normalized spacial score (nSPS) is 17.5. The van der Waals surface area contributed by atoms with Crippen LogP contribution >= 0.6 is 0 Å². The van der Waals surface area contributed by atoms with E-state index in [1.165, 1.54) is 6.20 Å². The third kappa shape index (κ3) is 4.67. The highest BCUT2D eigenvalue weighted by molar-refractivity contribution is 6.03. The second-order valence-electron chi connectivity index (χ2n) is 7.62. The predicted octanol–water partition coefficient (Wildman–Crippen LogP) is 2.86. The smallest absolute Gasteiger partial charge is 0.422 e. The fourth-order valence-corrected chi connectivity index (χ4v) is 3.86. The minimum atomic E-state index is -4.42. The lowest BCUT2D eigenvalue weighted by Crippen LogP contribution is -2.40. The van der Waals surface area contributed by atoms with Crippen molar-refractivity contribution >= 4 is 11.8 Å². The van der Waals surface area contributed by atoms with Crippen molar-refractivity contribution in [3.05, 3.63) is 52.2 Å². The first-order valence-electron chi connectivity index (χ1n) is 9.92. The molecule has 0 aliphatic carbocycles. The molecular weight excluding hydrogens is 413 g/mol. The molecule has 1 aromatic heterocycles. The van der Waals surface area contributed by atoms with Crippen LogP contribution in [0.25, 0.3) is 0 Å². The van der Waals surface area contributed by atoms with Gasteiger partial charge in [-0.2, -0.15) is 13.2 Å². The number of pyridine rings is 1. The fourth-order valence-electron chi connectivity index (χ4n) is 3.86. The van der Waals surface area contributed by atoms with Crippen LogP contribution in [0.2, 0.25) is 0 Å². The summed E-state index contributed by atoms with van der Waals surface area (Å²) < 4.78 is 42.5. The van der Waals surface area contributed by atoms with E-state index in [1.807, 2.05) is 6.92 Å². The van der Waals surface area contributed by atoms with Gasteiger partial charge in [-0.1, -0.05) is 6.08 Å². The highest BCUT2D eigenvalue weighted by Gasteiger charge is 2.37. The van der Waals surface area contributed by atoms with E-state index in [2.05, 4.69) is 10.3 Å². The van der Waals surface area contributed by atoms with Gasteiger partial charge < -0.3 is 19.9 Å². The molecule has 2 aliphatic rings. The number of allylic oxidation sites excluding steroid dienone is 2. The highest BCUT2D eigenvalue weighted by Crippen LogP contribution is 2.31. The molecular formula is C21H25F3N4O3. The van der Waals surface area contributed by atoms with E-state index in [4.69, 9.17) is 4.74 Å². The van der Waals surface area contributed by atoms with Crippen molar-refractivity contribution < 1.29 is 27.5 Å². The molecule has 7 nitrogen and oxygen atoms in total. The summed E-state index contributed by atoms with van der Waals surface area (Å²) in [6.45, 7) is 4.96. The van der Waals surface area contributed by atoms with Crippen LogP contribution in [-0.2, 0) is 11.3 Å². The number of amides is 2. The molecule has 2 amide bonds. The monoisotopic (exact) mass is 438 g/mol. The number of carbonyl (C=O) groups is 2. The molecule has 1 N–H and O–H groups in total. The standard InChI is InChI=1S/C21H25F3N4O3/c1-5-25-18(29)17-16-10-28(19(30)15(16)6-7-26-17)13(3)14-8-12(2)20(27(4)9-14)31-11-21(22,23)24/h6-8,13H,5,9-11H2,1-4H3,(H,25,29). The second-order valence-corrected chi connectivity index (χ2v) is 7.62. The van der Waals surface area contributed by atoms with Crippen LogP contribution < -0.4 is 5.32 Å². The Morgan fingerprint density at radius 2 is 2.06 bits per heavy atom. The summed E-state index contributed by atoms with van der Waals surface area (Å²) in [7, 11) is 1.65. The van der Waals surface area contributed by atoms with Crippen molar-refractivity contribution in [3.8, 4) is 0 Å². The Morgan fingerprint density at radius 3 is 2.68 bits per heavy atom. The van der Waals surface area contributed by atoms with Gasteiger partial charge in [0.2, 0.25) is 0 Å². The Morgan fingerprint density at radius 1 is 1.35 bits per heavy atom. The maximum absolute atomic E-state index is 13.0. The topological polar surface area (TPSA) is 74.8 Å². The minimum Gasteiger partial charge on any atom is -0.469 e.